The summed E-state index contributed by atoms with van der Waals surface area (Å²) in [7, 11) is -1.47. The summed E-state index contributed by atoms with van der Waals surface area (Å²) in [4.78, 5) is 18.8. The lowest BCUT2D eigenvalue weighted by Gasteiger charge is -2.18. The van der Waals surface area contributed by atoms with Crippen molar-refractivity contribution < 1.29 is 13.4 Å². The quantitative estimate of drug-likeness (QED) is 0.630. The van der Waals surface area contributed by atoms with Crippen LogP contribution in [0.2, 0.25) is 0 Å². The van der Waals surface area contributed by atoms with Gasteiger partial charge in [-0.3, -0.25) is 9.71 Å². The maximum atomic E-state index is 14.6. The van der Waals surface area contributed by atoms with Crippen LogP contribution in [-0.2, 0) is 23.8 Å². The van der Waals surface area contributed by atoms with Crippen molar-refractivity contribution in [3.05, 3.63) is 47.5 Å². The van der Waals surface area contributed by atoms with Gasteiger partial charge in [0.2, 0.25) is 0 Å². The van der Waals surface area contributed by atoms with Crippen LogP contribution in [0, 0.1) is 5.82 Å². The highest BCUT2D eigenvalue weighted by Crippen LogP contribution is 2.39. The van der Waals surface area contributed by atoms with Gasteiger partial charge in [0.15, 0.2) is 0 Å². The second-order valence-electron chi connectivity index (χ2n) is 7.31. The molecule has 1 aliphatic carbocycles. The molecule has 6 nitrogen and oxygen atoms in total. The molecule has 1 aromatic heterocycles. The number of carbonyl (C=O) groups excluding carboxylic acids is 1. The molecule has 1 aromatic carbocycles. The molecule has 30 heavy (non-hydrogen) atoms. The lowest BCUT2D eigenvalue weighted by atomic mass is 9.97. The Kier molecular flexibility index (Phi) is 7.93. The maximum absolute atomic E-state index is 14.6. The van der Waals surface area contributed by atoms with Gasteiger partial charge in [-0.1, -0.05) is 13.8 Å². The molecular weight excluding hydrogens is 403 g/mol. The minimum atomic E-state index is -1.47. The van der Waals surface area contributed by atoms with Crippen LogP contribution in [0.1, 0.15) is 37.8 Å². The number of pyridine rings is 1. The van der Waals surface area contributed by atoms with Gasteiger partial charge in [-0.15, -0.1) is 0 Å². The normalized spacial score (nSPS) is 13.9. The molecule has 0 radical (unpaired) electrons. The van der Waals surface area contributed by atoms with E-state index in [1.807, 2.05) is 0 Å². The fourth-order valence-electron chi connectivity index (χ4n) is 3.89. The molecule has 0 fully saturated rings. The number of nitrogens with zero attached hydrogens (tertiary/aromatic N) is 2. The van der Waals surface area contributed by atoms with Gasteiger partial charge in [0, 0.05) is 23.7 Å². The second kappa shape index (κ2) is 10.6. The smallest absolute Gasteiger partial charge is 0.306 e. The number of nitrogens with one attached hydrogen (secondary N) is 2. The number of halogens is 1. The van der Waals surface area contributed by atoms with Crippen LogP contribution >= 0.6 is 0 Å². The van der Waals surface area contributed by atoms with Crippen molar-refractivity contribution in [3.63, 3.8) is 0 Å². The minimum absolute atomic E-state index is 0.250. The average Bonchev–Trinajstić information content (AvgIpc) is 3.24. The lowest BCUT2D eigenvalue weighted by molar-refractivity contribution is 0.257. The van der Waals surface area contributed by atoms with Crippen molar-refractivity contribution in [1.29, 1.82) is 0 Å². The number of aromatic nitrogens is 1. The van der Waals surface area contributed by atoms with E-state index in [-0.39, 0.29) is 5.82 Å². The molecule has 1 heterocycles. The predicted molar refractivity (Wildman–Crippen MR) is 119 cm³/mol. The molecule has 0 aliphatic heterocycles. The van der Waals surface area contributed by atoms with E-state index < -0.39 is 17.0 Å². The first-order valence-corrected chi connectivity index (χ1v) is 11.8. The predicted octanol–water partition coefficient (Wildman–Crippen LogP) is 3.89. The Balaban J connectivity index is 1.72. The lowest BCUT2D eigenvalue weighted by Crippen LogP contribution is -2.33. The highest BCUT2D eigenvalue weighted by atomic mass is 32.2. The van der Waals surface area contributed by atoms with E-state index >= 15 is 0 Å². The third kappa shape index (κ3) is 5.43. The second-order valence-corrected chi connectivity index (χ2v) is 8.62. The summed E-state index contributed by atoms with van der Waals surface area (Å²) in [6, 6.07) is 4.50. The van der Waals surface area contributed by atoms with Crippen molar-refractivity contribution in [2.45, 2.75) is 39.5 Å². The van der Waals surface area contributed by atoms with Gasteiger partial charge in [-0.05, 0) is 80.2 Å². The Labute approximate surface area is 179 Å². The molecule has 8 heteroatoms. The van der Waals surface area contributed by atoms with Gasteiger partial charge >= 0.3 is 6.03 Å². The summed E-state index contributed by atoms with van der Waals surface area (Å²) < 4.78 is 29.4. The Bertz CT molecular complexity index is 904. The molecule has 2 N–H and O–H groups in total. The third-order valence-corrected chi connectivity index (χ3v) is 6.56. The summed E-state index contributed by atoms with van der Waals surface area (Å²) in [5, 5.41) is 2.85. The molecule has 3 rings (SSSR count). The molecule has 0 saturated carbocycles. The molecule has 162 valence electrons. The van der Waals surface area contributed by atoms with Gasteiger partial charge in [-0.2, -0.15) is 0 Å². The summed E-state index contributed by atoms with van der Waals surface area (Å²) in [6.45, 7) is 6.93. The molecule has 2 amide bonds. The molecule has 1 atom stereocenters. The number of hydrogen-bond acceptors (Lipinski definition) is 4. The first-order valence-electron chi connectivity index (χ1n) is 10.5. The monoisotopic (exact) mass is 432 g/mol. The molecule has 1 unspecified atom stereocenters. The number of carbonyl (C=O) groups is 1. The van der Waals surface area contributed by atoms with Crippen molar-refractivity contribution in [2.24, 2.45) is 0 Å². The molecule has 2 aromatic rings. The summed E-state index contributed by atoms with van der Waals surface area (Å²) >= 11 is 0. The average molecular weight is 433 g/mol. The van der Waals surface area contributed by atoms with Crippen LogP contribution in [0.3, 0.4) is 0 Å². The number of amides is 2. The Morgan fingerprint density at radius 3 is 2.60 bits per heavy atom. The molecular formula is C22H29FN4O2S. The largest absolute Gasteiger partial charge is 0.331 e. The fraction of sp³-hybridized carbons (Fsp3) is 0.455. The van der Waals surface area contributed by atoms with Crippen LogP contribution in [0.4, 0.5) is 14.9 Å². The standard InChI is InChI=1S/C22H29FN4O2S/c1-3-27(4-2)13-6-14-30(29)26-22(28)25-21-18-8-5-7-17(18)20(23)15-19(21)16-9-11-24-12-10-16/h9-12,15H,3-8,13-14H2,1-2H3,(H2,25,26,28). The van der Waals surface area contributed by atoms with E-state index in [1.165, 1.54) is 6.07 Å². The topological polar surface area (TPSA) is 74.3 Å². The van der Waals surface area contributed by atoms with E-state index in [0.29, 0.717) is 35.4 Å². The first kappa shape index (κ1) is 22.4. The van der Waals surface area contributed by atoms with Crippen LogP contribution in [-0.4, -0.2) is 45.5 Å². The third-order valence-electron chi connectivity index (χ3n) is 5.48. The Morgan fingerprint density at radius 1 is 1.20 bits per heavy atom. The SMILES string of the molecule is CCN(CC)CCCS(=O)NC(=O)Nc1c(-c2ccncc2)cc(F)c2c1CCC2. The van der Waals surface area contributed by atoms with Crippen LogP contribution < -0.4 is 10.0 Å². The fourth-order valence-corrected chi connectivity index (χ4v) is 4.64. The van der Waals surface area contributed by atoms with Crippen molar-refractivity contribution in [1.82, 2.24) is 14.6 Å². The van der Waals surface area contributed by atoms with Crippen LogP contribution in [0.25, 0.3) is 11.1 Å². The zero-order valence-corrected chi connectivity index (χ0v) is 18.4. The summed E-state index contributed by atoms with van der Waals surface area (Å²) in [5.41, 5.74) is 3.45. The number of fused-ring (bicyclic) bond motifs is 1. The van der Waals surface area contributed by atoms with Crippen molar-refractivity contribution in [3.8, 4) is 11.1 Å². The maximum Gasteiger partial charge on any atom is 0.331 e. The van der Waals surface area contributed by atoms with Gasteiger partial charge in [0.25, 0.3) is 0 Å². The van der Waals surface area contributed by atoms with Gasteiger partial charge in [0.1, 0.15) is 16.8 Å². The summed E-state index contributed by atoms with van der Waals surface area (Å²) in [5.74, 6) is 0.142. The van der Waals surface area contributed by atoms with Gasteiger partial charge < -0.3 is 10.2 Å². The van der Waals surface area contributed by atoms with E-state index in [9.17, 15) is 13.4 Å². The Morgan fingerprint density at radius 2 is 1.90 bits per heavy atom. The zero-order valence-electron chi connectivity index (χ0n) is 17.5. The van der Waals surface area contributed by atoms with E-state index in [4.69, 9.17) is 0 Å². The zero-order chi connectivity index (χ0) is 21.5. The van der Waals surface area contributed by atoms with E-state index in [2.05, 4.69) is 33.8 Å². The molecule has 0 saturated heterocycles. The number of urea groups is 1. The van der Waals surface area contributed by atoms with E-state index in [0.717, 1.165) is 43.6 Å². The number of anilines is 1. The first-order chi connectivity index (χ1) is 14.5. The number of hydrogen-bond donors (Lipinski definition) is 2. The highest BCUT2D eigenvalue weighted by molar-refractivity contribution is 7.83. The van der Waals surface area contributed by atoms with Crippen molar-refractivity contribution >= 4 is 22.7 Å². The number of rotatable bonds is 9. The van der Waals surface area contributed by atoms with Gasteiger partial charge in [0.05, 0.1) is 5.69 Å². The Hall–Kier alpha value is -2.32. The number of benzene rings is 1. The minimum Gasteiger partial charge on any atom is -0.306 e. The molecule has 0 bridgehead atoms. The van der Waals surface area contributed by atoms with Crippen LogP contribution in [0.5, 0.6) is 0 Å². The van der Waals surface area contributed by atoms with E-state index in [1.54, 1.807) is 24.5 Å². The van der Waals surface area contributed by atoms with Crippen LogP contribution in [0.15, 0.2) is 30.6 Å². The molecule has 1 aliphatic rings. The van der Waals surface area contributed by atoms with Gasteiger partial charge in [-0.25, -0.2) is 13.4 Å². The molecule has 0 spiro atoms. The summed E-state index contributed by atoms with van der Waals surface area (Å²) in [6.07, 6.45) is 6.21. The highest BCUT2D eigenvalue weighted by Gasteiger charge is 2.24. The van der Waals surface area contributed by atoms with Crippen molar-refractivity contribution in [2.75, 3.05) is 30.7 Å².